The van der Waals surface area contributed by atoms with Gasteiger partial charge in [0.1, 0.15) is 0 Å². The molecule has 0 saturated carbocycles. The van der Waals surface area contributed by atoms with Gasteiger partial charge in [0.15, 0.2) is 0 Å². The van der Waals surface area contributed by atoms with Crippen molar-refractivity contribution in [3.8, 4) is 5.69 Å². The van der Waals surface area contributed by atoms with E-state index in [-0.39, 0.29) is 17.7 Å². The molecule has 0 aliphatic carbocycles. The topological polar surface area (TPSA) is 54.3 Å². The number of carbonyl (C=O) groups is 2. The maximum absolute atomic E-state index is 12.8. The normalized spacial score (nSPS) is 15.2. The Morgan fingerprint density at radius 2 is 1.84 bits per heavy atom. The molecule has 5 nitrogen and oxygen atoms in total. The first-order chi connectivity index (χ1) is 12.1. The molecule has 1 aromatic carbocycles. The minimum Gasteiger partial charge on any atom is -0.356 e. The van der Waals surface area contributed by atoms with Gasteiger partial charge in [0.05, 0.1) is 0 Å². The van der Waals surface area contributed by atoms with Gasteiger partial charge in [-0.3, -0.25) is 9.59 Å². The molecule has 0 atom stereocenters. The number of benzene rings is 1. The Labute approximate surface area is 148 Å². The first kappa shape index (κ1) is 17.3. The molecule has 3 rings (SSSR count). The molecule has 1 aromatic heterocycles. The smallest absolute Gasteiger partial charge is 0.254 e. The van der Waals surface area contributed by atoms with Crippen molar-refractivity contribution in [1.29, 1.82) is 0 Å². The van der Waals surface area contributed by atoms with Crippen LogP contribution in [0, 0.1) is 12.8 Å². The summed E-state index contributed by atoms with van der Waals surface area (Å²) in [5, 5.41) is 2.87. The van der Waals surface area contributed by atoms with Crippen LogP contribution in [0.25, 0.3) is 5.69 Å². The van der Waals surface area contributed by atoms with Crippen LogP contribution >= 0.6 is 0 Å². The lowest BCUT2D eigenvalue weighted by Gasteiger charge is -2.31. The molecule has 1 N–H and O–H groups in total. The van der Waals surface area contributed by atoms with Gasteiger partial charge in [0.2, 0.25) is 5.91 Å². The van der Waals surface area contributed by atoms with Crippen molar-refractivity contribution in [2.75, 3.05) is 19.6 Å². The van der Waals surface area contributed by atoms with E-state index in [9.17, 15) is 9.59 Å². The fourth-order valence-electron chi connectivity index (χ4n) is 3.39. The molecule has 1 aliphatic rings. The standard InChI is InChI=1S/C20H25N3O2/c1-3-21-19(24)16-8-12-23(13-9-16)20(25)18-7-6-17(14-15(18)2)22-10-4-5-11-22/h4-7,10-11,14,16H,3,8-9,12-13H2,1-2H3,(H,21,24). The highest BCUT2D eigenvalue weighted by molar-refractivity contribution is 5.96. The molecule has 2 aromatic rings. The number of hydrogen-bond acceptors (Lipinski definition) is 2. The molecule has 1 aliphatic heterocycles. The molecule has 132 valence electrons. The summed E-state index contributed by atoms with van der Waals surface area (Å²) >= 11 is 0. The van der Waals surface area contributed by atoms with Crippen LogP contribution in [0.5, 0.6) is 0 Å². The molecule has 1 fully saturated rings. The van der Waals surface area contributed by atoms with Crippen molar-refractivity contribution in [3.05, 3.63) is 53.9 Å². The van der Waals surface area contributed by atoms with Gasteiger partial charge < -0.3 is 14.8 Å². The first-order valence-corrected chi connectivity index (χ1v) is 8.91. The first-order valence-electron chi connectivity index (χ1n) is 8.91. The van der Waals surface area contributed by atoms with Crippen LogP contribution in [0.15, 0.2) is 42.7 Å². The number of rotatable bonds is 4. The fourth-order valence-corrected chi connectivity index (χ4v) is 3.39. The summed E-state index contributed by atoms with van der Waals surface area (Å²) in [6.07, 6.45) is 5.45. The highest BCUT2D eigenvalue weighted by atomic mass is 16.2. The summed E-state index contributed by atoms with van der Waals surface area (Å²) in [5.74, 6) is 0.203. The third-order valence-corrected chi connectivity index (χ3v) is 4.85. The van der Waals surface area contributed by atoms with Gasteiger partial charge in [-0.25, -0.2) is 0 Å². The Bertz CT molecular complexity index is 744. The Morgan fingerprint density at radius 1 is 1.16 bits per heavy atom. The van der Waals surface area contributed by atoms with Crippen molar-refractivity contribution in [2.45, 2.75) is 26.7 Å². The van der Waals surface area contributed by atoms with Crippen molar-refractivity contribution in [1.82, 2.24) is 14.8 Å². The molecule has 0 unspecified atom stereocenters. The largest absolute Gasteiger partial charge is 0.356 e. The minimum absolute atomic E-state index is 0.0289. The molecule has 5 heteroatoms. The average Bonchev–Trinajstić information content (AvgIpc) is 3.16. The monoisotopic (exact) mass is 339 g/mol. The van der Waals surface area contributed by atoms with E-state index in [1.54, 1.807) is 0 Å². The number of aromatic nitrogens is 1. The number of carbonyl (C=O) groups excluding carboxylic acids is 2. The number of piperidine rings is 1. The van der Waals surface area contributed by atoms with Crippen molar-refractivity contribution < 1.29 is 9.59 Å². The van der Waals surface area contributed by atoms with Gasteiger partial charge in [-0.2, -0.15) is 0 Å². The second-order valence-electron chi connectivity index (χ2n) is 6.55. The molecule has 0 radical (unpaired) electrons. The summed E-state index contributed by atoms with van der Waals surface area (Å²) in [7, 11) is 0. The maximum Gasteiger partial charge on any atom is 0.254 e. The van der Waals surface area contributed by atoms with Crippen LogP contribution < -0.4 is 5.32 Å². The molecular formula is C20H25N3O2. The van der Waals surface area contributed by atoms with E-state index in [0.717, 1.165) is 29.7 Å². The molecule has 0 spiro atoms. The number of amides is 2. The van der Waals surface area contributed by atoms with Crippen molar-refractivity contribution >= 4 is 11.8 Å². The zero-order valence-electron chi connectivity index (χ0n) is 14.9. The van der Waals surface area contributed by atoms with Crippen LogP contribution in [0.3, 0.4) is 0 Å². The highest BCUT2D eigenvalue weighted by Gasteiger charge is 2.28. The third kappa shape index (κ3) is 3.76. The van der Waals surface area contributed by atoms with E-state index in [0.29, 0.717) is 19.6 Å². The van der Waals surface area contributed by atoms with Crippen molar-refractivity contribution in [2.24, 2.45) is 5.92 Å². The van der Waals surface area contributed by atoms with E-state index in [1.165, 1.54) is 0 Å². The Hall–Kier alpha value is -2.56. The Kier molecular flexibility index (Phi) is 5.22. The third-order valence-electron chi connectivity index (χ3n) is 4.85. The molecule has 25 heavy (non-hydrogen) atoms. The lowest BCUT2D eigenvalue weighted by atomic mass is 9.95. The van der Waals surface area contributed by atoms with Gasteiger partial charge in [-0.15, -0.1) is 0 Å². The maximum atomic E-state index is 12.8. The molecule has 1 saturated heterocycles. The van der Waals surface area contributed by atoms with Gasteiger partial charge in [0, 0.05) is 49.2 Å². The summed E-state index contributed by atoms with van der Waals surface area (Å²) < 4.78 is 2.03. The molecular weight excluding hydrogens is 314 g/mol. The predicted molar refractivity (Wildman–Crippen MR) is 97.8 cm³/mol. The number of aryl methyl sites for hydroxylation is 1. The molecule has 2 heterocycles. The summed E-state index contributed by atoms with van der Waals surface area (Å²) in [6.45, 7) is 5.84. The summed E-state index contributed by atoms with van der Waals surface area (Å²) in [6, 6.07) is 9.87. The SMILES string of the molecule is CCNC(=O)C1CCN(C(=O)c2ccc(-n3cccc3)cc2C)CC1. The number of nitrogens with zero attached hydrogens (tertiary/aromatic N) is 2. The summed E-state index contributed by atoms with van der Waals surface area (Å²) in [5.41, 5.74) is 2.77. The van der Waals surface area contributed by atoms with Gasteiger partial charge >= 0.3 is 0 Å². The molecule has 2 amide bonds. The Morgan fingerprint density at radius 3 is 2.44 bits per heavy atom. The molecule has 0 bridgehead atoms. The zero-order chi connectivity index (χ0) is 17.8. The van der Waals surface area contributed by atoms with Crippen LogP contribution in [0.2, 0.25) is 0 Å². The van der Waals surface area contributed by atoms with Gasteiger partial charge in [-0.1, -0.05) is 0 Å². The minimum atomic E-state index is 0.0289. The highest BCUT2D eigenvalue weighted by Crippen LogP contribution is 2.22. The number of hydrogen-bond donors (Lipinski definition) is 1. The second kappa shape index (κ2) is 7.55. The van der Waals surface area contributed by atoms with E-state index >= 15 is 0 Å². The van der Waals surface area contributed by atoms with E-state index in [2.05, 4.69) is 5.32 Å². The van der Waals surface area contributed by atoms with Crippen LogP contribution in [0.4, 0.5) is 0 Å². The quantitative estimate of drug-likeness (QED) is 0.931. The van der Waals surface area contributed by atoms with E-state index in [1.807, 2.05) is 66.0 Å². The van der Waals surface area contributed by atoms with Crippen LogP contribution in [-0.4, -0.2) is 40.9 Å². The lowest BCUT2D eigenvalue weighted by molar-refractivity contribution is -0.126. The predicted octanol–water partition coefficient (Wildman–Crippen LogP) is 2.77. The zero-order valence-corrected chi connectivity index (χ0v) is 14.9. The van der Waals surface area contributed by atoms with E-state index < -0.39 is 0 Å². The Balaban J connectivity index is 1.67. The summed E-state index contributed by atoms with van der Waals surface area (Å²) in [4.78, 5) is 26.6. The van der Waals surface area contributed by atoms with Gasteiger partial charge in [-0.05, 0) is 62.6 Å². The van der Waals surface area contributed by atoms with Crippen molar-refractivity contribution in [3.63, 3.8) is 0 Å². The van der Waals surface area contributed by atoms with Crippen LogP contribution in [0.1, 0.15) is 35.7 Å². The van der Waals surface area contributed by atoms with Gasteiger partial charge in [0.25, 0.3) is 5.91 Å². The number of nitrogens with one attached hydrogen (secondary N) is 1. The lowest BCUT2D eigenvalue weighted by Crippen LogP contribution is -2.43. The fraction of sp³-hybridized carbons (Fsp3) is 0.400. The number of likely N-dealkylation sites (tertiary alicyclic amines) is 1. The van der Waals surface area contributed by atoms with E-state index in [4.69, 9.17) is 0 Å². The van der Waals surface area contributed by atoms with Crippen LogP contribution in [-0.2, 0) is 4.79 Å². The average molecular weight is 339 g/mol. The second-order valence-corrected chi connectivity index (χ2v) is 6.55.